The van der Waals surface area contributed by atoms with Crippen molar-refractivity contribution in [1.29, 1.82) is 0 Å². The Morgan fingerprint density at radius 3 is 2.55 bits per heavy atom. The molecule has 0 aliphatic carbocycles. The van der Waals surface area contributed by atoms with Crippen LogP contribution in [0.4, 0.5) is 5.69 Å². The molecule has 7 nitrogen and oxygen atoms in total. The van der Waals surface area contributed by atoms with Crippen molar-refractivity contribution in [3.05, 3.63) is 74.7 Å². The van der Waals surface area contributed by atoms with Gasteiger partial charge in [0.15, 0.2) is 0 Å². The number of benzene rings is 2. The molecule has 9 heteroatoms. The lowest BCUT2D eigenvalue weighted by Crippen LogP contribution is -2.35. The standard InChI is InChI=1S/C20H15Cl2N3O4/c1-10(26)24-13-4-2-3-11(7-13)20(19(28)29)14(5-6-17(23)27)18-15(22)8-12(21)9-16(18)25-20/h2-9H,1H3,(H2,23,27)(H,24,26)(H,28,29). The normalized spacial score (nSPS) is 17.7. The first kappa shape index (κ1) is 20.6. The summed E-state index contributed by atoms with van der Waals surface area (Å²) in [5.41, 5.74) is 4.10. The van der Waals surface area contributed by atoms with Gasteiger partial charge in [0.2, 0.25) is 17.4 Å². The molecule has 0 saturated heterocycles. The summed E-state index contributed by atoms with van der Waals surface area (Å²) in [7, 11) is 0. The Kier molecular flexibility index (Phi) is 5.46. The lowest BCUT2D eigenvalue weighted by Gasteiger charge is -2.25. The molecular formula is C20H15Cl2N3O4. The fourth-order valence-corrected chi connectivity index (χ4v) is 3.82. The van der Waals surface area contributed by atoms with Gasteiger partial charge in [-0.05, 0) is 35.9 Å². The molecule has 0 fully saturated rings. The third-order valence-electron chi connectivity index (χ3n) is 4.31. The molecule has 29 heavy (non-hydrogen) atoms. The number of nitrogens with two attached hydrogens (primary N) is 1. The van der Waals surface area contributed by atoms with Crippen molar-refractivity contribution in [1.82, 2.24) is 0 Å². The van der Waals surface area contributed by atoms with Gasteiger partial charge in [0, 0.05) is 34.5 Å². The average molecular weight is 432 g/mol. The summed E-state index contributed by atoms with van der Waals surface area (Å²) >= 11 is 12.4. The first-order valence-corrected chi connectivity index (χ1v) is 9.09. The Hall–Kier alpha value is -3.16. The van der Waals surface area contributed by atoms with Crippen LogP contribution in [-0.4, -0.2) is 22.9 Å². The van der Waals surface area contributed by atoms with E-state index in [1.807, 2.05) is 0 Å². The van der Waals surface area contributed by atoms with E-state index >= 15 is 0 Å². The number of hydrogen-bond acceptors (Lipinski definition) is 4. The monoisotopic (exact) mass is 431 g/mol. The molecule has 0 saturated carbocycles. The molecule has 3 rings (SSSR count). The summed E-state index contributed by atoms with van der Waals surface area (Å²) in [6.07, 6.45) is 2.33. The lowest BCUT2D eigenvalue weighted by molar-refractivity contribution is -0.141. The van der Waals surface area contributed by atoms with E-state index in [4.69, 9.17) is 28.9 Å². The van der Waals surface area contributed by atoms with Crippen LogP contribution < -0.4 is 21.6 Å². The molecule has 1 aliphatic rings. The maximum Gasteiger partial charge on any atom is 0.341 e. The Balaban J connectivity index is 2.40. The van der Waals surface area contributed by atoms with Crippen LogP contribution >= 0.6 is 23.2 Å². The predicted octanol–water partition coefficient (Wildman–Crippen LogP) is 1.76. The third kappa shape index (κ3) is 3.74. The average Bonchev–Trinajstić information content (AvgIpc) is 2.95. The Morgan fingerprint density at radius 1 is 1.21 bits per heavy atom. The summed E-state index contributed by atoms with van der Waals surface area (Å²) in [5.74, 6) is -2.38. The van der Waals surface area contributed by atoms with E-state index in [0.717, 1.165) is 6.08 Å². The van der Waals surface area contributed by atoms with Crippen molar-refractivity contribution in [3.63, 3.8) is 0 Å². The zero-order valence-corrected chi connectivity index (χ0v) is 16.6. The van der Waals surface area contributed by atoms with Crippen molar-refractivity contribution >= 4 is 52.2 Å². The number of carboxylic acids is 1. The second-order valence-electron chi connectivity index (χ2n) is 6.32. The van der Waals surface area contributed by atoms with E-state index in [1.54, 1.807) is 18.2 Å². The predicted molar refractivity (Wildman–Crippen MR) is 109 cm³/mol. The highest BCUT2D eigenvalue weighted by Gasteiger charge is 2.46. The van der Waals surface area contributed by atoms with Gasteiger partial charge in [-0.3, -0.25) is 14.6 Å². The second kappa shape index (κ2) is 7.69. The number of carbonyl (C=O) groups is 3. The minimum absolute atomic E-state index is 0.153. The molecule has 1 atom stereocenters. The number of hydrogen-bond donors (Lipinski definition) is 3. The smallest absolute Gasteiger partial charge is 0.341 e. The quantitative estimate of drug-likeness (QED) is 0.624. The number of primary amides is 1. The number of carbonyl (C=O) groups excluding carboxylic acids is 2. The van der Waals surface area contributed by atoms with Gasteiger partial charge in [-0.15, -0.1) is 0 Å². The SMILES string of the molecule is CC(=O)Nc1cccc(C2(C(=O)O)N=c3cc(Cl)cc(Cl)c3=C2C=CC(N)=O)c1. The summed E-state index contributed by atoms with van der Waals surface area (Å²) in [6, 6.07) is 9.21. The molecule has 2 aromatic carbocycles. The van der Waals surface area contributed by atoms with Gasteiger partial charge in [0.1, 0.15) is 0 Å². The highest BCUT2D eigenvalue weighted by molar-refractivity contribution is 6.34. The van der Waals surface area contributed by atoms with Gasteiger partial charge in [-0.2, -0.15) is 0 Å². The maximum absolute atomic E-state index is 12.5. The van der Waals surface area contributed by atoms with Gasteiger partial charge >= 0.3 is 5.97 Å². The highest BCUT2D eigenvalue weighted by atomic mass is 35.5. The number of halogens is 2. The summed E-state index contributed by atoms with van der Waals surface area (Å²) in [4.78, 5) is 39.7. The van der Waals surface area contributed by atoms with Crippen molar-refractivity contribution in [2.24, 2.45) is 10.7 Å². The molecule has 2 amide bonds. The summed E-state index contributed by atoms with van der Waals surface area (Å²) < 4.78 is 0. The van der Waals surface area contributed by atoms with E-state index in [1.165, 1.54) is 31.2 Å². The van der Waals surface area contributed by atoms with E-state index in [0.29, 0.717) is 10.9 Å². The zero-order valence-electron chi connectivity index (χ0n) is 15.1. The van der Waals surface area contributed by atoms with Crippen molar-refractivity contribution in [3.8, 4) is 0 Å². The van der Waals surface area contributed by atoms with Gasteiger partial charge < -0.3 is 16.2 Å². The van der Waals surface area contributed by atoms with E-state index in [-0.39, 0.29) is 32.4 Å². The van der Waals surface area contributed by atoms with E-state index in [2.05, 4.69) is 10.3 Å². The Morgan fingerprint density at radius 2 is 1.93 bits per heavy atom. The Labute approximate surface area is 175 Å². The van der Waals surface area contributed by atoms with Crippen LogP contribution in [0.3, 0.4) is 0 Å². The fourth-order valence-electron chi connectivity index (χ4n) is 3.24. The molecular weight excluding hydrogens is 417 g/mol. The third-order valence-corrected chi connectivity index (χ3v) is 4.82. The molecule has 0 bridgehead atoms. The molecule has 0 aromatic heterocycles. The van der Waals surface area contributed by atoms with Crippen LogP contribution in [0.1, 0.15) is 12.5 Å². The minimum Gasteiger partial charge on any atom is -0.479 e. The number of carboxylic acid groups (broad SMARTS) is 1. The molecule has 0 spiro atoms. The largest absolute Gasteiger partial charge is 0.479 e. The van der Waals surface area contributed by atoms with Crippen molar-refractivity contribution in [2.45, 2.75) is 12.5 Å². The van der Waals surface area contributed by atoms with E-state index < -0.39 is 17.4 Å². The van der Waals surface area contributed by atoms with Crippen LogP contribution in [0.15, 0.2) is 53.5 Å². The molecule has 1 unspecified atom stereocenters. The summed E-state index contributed by atoms with van der Waals surface area (Å²) in [6.45, 7) is 1.34. The fraction of sp³-hybridized carbons (Fsp3) is 0.100. The number of nitrogens with zero attached hydrogens (tertiary/aromatic N) is 1. The molecule has 1 heterocycles. The number of aliphatic carboxylic acids is 1. The van der Waals surface area contributed by atoms with Crippen molar-refractivity contribution < 1.29 is 19.5 Å². The number of fused-ring (bicyclic) bond motifs is 1. The minimum atomic E-state index is -1.92. The number of amides is 2. The van der Waals surface area contributed by atoms with Gasteiger partial charge in [-0.25, -0.2) is 4.79 Å². The first-order valence-electron chi connectivity index (χ1n) is 8.34. The van der Waals surface area contributed by atoms with Gasteiger partial charge in [-0.1, -0.05) is 35.3 Å². The van der Waals surface area contributed by atoms with Crippen LogP contribution in [0, 0.1) is 0 Å². The van der Waals surface area contributed by atoms with Gasteiger partial charge in [0.05, 0.1) is 10.4 Å². The van der Waals surface area contributed by atoms with Crippen molar-refractivity contribution in [2.75, 3.05) is 5.32 Å². The number of anilines is 1. The van der Waals surface area contributed by atoms with Crippen LogP contribution in [-0.2, 0) is 19.9 Å². The first-order chi connectivity index (χ1) is 13.6. The molecule has 4 N–H and O–H groups in total. The van der Waals surface area contributed by atoms with E-state index in [9.17, 15) is 19.5 Å². The molecule has 148 valence electrons. The maximum atomic E-state index is 12.5. The second-order valence-corrected chi connectivity index (χ2v) is 7.16. The Bertz CT molecular complexity index is 1210. The summed E-state index contributed by atoms with van der Waals surface area (Å²) in [5, 5.41) is 13.9. The molecule has 2 aromatic rings. The number of nitrogens with one attached hydrogen (secondary N) is 1. The molecule has 0 radical (unpaired) electrons. The zero-order chi connectivity index (χ0) is 21.3. The van der Waals surface area contributed by atoms with Crippen LogP contribution in [0.2, 0.25) is 10.0 Å². The van der Waals surface area contributed by atoms with Crippen LogP contribution in [0.25, 0.3) is 5.57 Å². The highest BCUT2D eigenvalue weighted by Crippen LogP contribution is 2.38. The molecule has 1 aliphatic heterocycles. The number of rotatable bonds is 5. The topological polar surface area (TPSA) is 122 Å². The van der Waals surface area contributed by atoms with Crippen LogP contribution in [0.5, 0.6) is 0 Å². The van der Waals surface area contributed by atoms with Gasteiger partial charge in [0.25, 0.3) is 0 Å². The lowest BCUT2D eigenvalue weighted by atomic mass is 9.82.